The van der Waals surface area contributed by atoms with Gasteiger partial charge in [0.2, 0.25) is 10.0 Å². The molecule has 0 aliphatic heterocycles. The molecule has 3 nitrogen and oxygen atoms in total. The molecule has 0 heterocycles. The fourth-order valence-electron chi connectivity index (χ4n) is 1.32. The molecule has 1 atom stereocenters. The lowest BCUT2D eigenvalue weighted by Gasteiger charge is -2.10. The van der Waals surface area contributed by atoms with Crippen molar-refractivity contribution in [3.63, 3.8) is 0 Å². The zero-order valence-electron chi connectivity index (χ0n) is 9.49. The van der Waals surface area contributed by atoms with Crippen LogP contribution in [0.15, 0.2) is 24.3 Å². The zero-order valence-corrected chi connectivity index (χ0v) is 11.1. The number of benzene rings is 1. The molecule has 96 valence electrons. The average Bonchev–Trinajstić information content (AvgIpc) is 2.26. The Morgan fingerprint density at radius 2 is 2.18 bits per heavy atom. The Balaban J connectivity index is 2.55. The molecule has 0 spiro atoms. The molecular formula is C11H15ClFNO2S. The van der Waals surface area contributed by atoms with Crippen molar-refractivity contribution in [3.05, 3.63) is 35.6 Å². The minimum absolute atomic E-state index is 0.0220. The van der Waals surface area contributed by atoms with E-state index >= 15 is 0 Å². The van der Waals surface area contributed by atoms with E-state index in [9.17, 15) is 12.8 Å². The van der Waals surface area contributed by atoms with Gasteiger partial charge >= 0.3 is 0 Å². The average molecular weight is 280 g/mol. The Morgan fingerprint density at radius 1 is 1.47 bits per heavy atom. The normalized spacial score (nSPS) is 13.6. The highest BCUT2D eigenvalue weighted by molar-refractivity contribution is 7.89. The summed E-state index contributed by atoms with van der Waals surface area (Å²) in [7, 11) is -3.36. The molecule has 0 radical (unpaired) electrons. The van der Waals surface area contributed by atoms with Gasteiger partial charge in [0.05, 0.1) is 5.75 Å². The van der Waals surface area contributed by atoms with E-state index in [4.69, 9.17) is 11.6 Å². The first kappa shape index (κ1) is 14.4. The van der Waals surface area contributed by atoms with Gasteiger partial charge in [0, 0.05) is 12.4 Å². The molecule has 17 heavy (non-hydrogen) atoms. The van der Waals surface area contributed by atoms with E-state index < -0.39 is 10.0 Å². The minimum Gasteiger partial charge on any atom is -0.212 e. The van der Waals surface area contributed by atoms with Gasteiger partial charge in [0.25, 0.3) is 0 Å². The number of alkyl halides is 1. The molecule has 0 aliphatic carbocycles. The Labute approximate surface area is 106 Å². The van der Waals surface area contributed by atoms with Crippen molar-refractivity contribution in [2.75, 3.05) is 11.6 Å². The van der Waals surface area contributed by atoms with E-state index in [0.29, 0.717) is 11.4 Å². The summed E-state index contributed by atoms with van der Waals surface area (Å²) in [4.78, 5) is 0. The second kappa shape index (κ2) is 6.33. The van der Waals surface area contributed by atoms with Crippen LogP contribution in [0.3, 0.4) is 0 Å². The van der Waals surface area contributed by atoms with E-state index in [0.717, 1.165) is 0 Å². The van der Waals surface area contributed by atoms with Crippen molar-refractivity contribution in [2.45, 2.75) is 13.5 Å². The molecule has 0 saturated heterocycles. The van der Waals surface area contributed by atoms with Gasteiger partial charge in [-0.1, -0.05) is 19.1 Å². The summed E-state index contributed by atoms with van der Waals surface area (Å²) in [5, 5.41) is 0. The van der Waals surface area contributed by atoms with Crippen molar-refractivity contribution >= 4 is 21.6 Å². The van der Waals surface area contributed by atoms with E-state index in [-0.39, 0.29) is 24.0 Å². The van der Waals surface area contributed by atoms with Crippen LogP contribution in [-0.4, -0.2) is 20.1 Å². The van der Waals surface area contributed by atoms with E-state index in [1.807, 2.05) is 0 Å². The minimum atomic E-state index is -3.36. The second-order valence-corrected chi connectivity index (χ2v) is 6.15. The van der Waals surface area contributed by atoms with Gasteiger partial charge in [-0.2, -0.15) is 0 Å². The highest BCUT2D eigenvalue weighted by Gasteiger charge is 2.14. The lowest BCUT2D eigenvalue weighted by molar-refractivity contribution is 0.568. The molecule has 1 aromatic carbocycles. The van der Waals surface area contributed by atoms with Gasteiger partial charge in [-0.25, -0.2) is 17.5 Å². The molecule has 0 amide bonds. The van der Waals surface area contributed by atoms with Crippen molar-refractivity contribution in [2.24, 2.45) is 5.92 Å². The van der Waals surface area contributed by atoms with E-state index in [1.54, 1.807) is 19.1 Å². The van der Waals surface area contributed by atoms with Crippen LogP contribution < -0.4 is 4.72 Å². The SMILES string of the molecule is CC(CCl)CS(=O)(=O)NCc1cccc(F)c1. The van der Waals surface area contributed by atoms with Gasteiger partial charge < -0.3 is 0 Å². The number of hydrogen-bond donors (Lipinski definition) is 1. The topological polar surface area (TPSA) is 46.2 Å². The lowest BCUT2D eigenvalue weighted by Crippen LogP contribution is -2.29. The largest absolute Gasteiger partial charge is 0.212 e. The molecule has 1 N–H and O–H groups in total. The zero-order chi connectivity index (χ0) is 12.9. The number of rotatable bonds is 6. The van der Waals surface area contributed by atoms with Crippen LogP contribution in [0.4, 0.5) is 4.39 Å². The number of halogens is 2. The predicted octanol–water partition coefficient (Wildman–Crippen LogP) is 2.12. The summed E-state index contributed by atoms with van der Waals surface area (Å²) in [5.74, 6) is -0.218. The molecule has 6 heteroatoms. The summed E-state index contributed by atoms with van der Waals surface area (Å²) < 4.78 is 38.5. The maximum atomic E-state index is 12.9. The maximum absolute atomic E-state index is 12.9. The summed E-state index contributed by atoms with van der Waals surface area (Å²) in [6, 6.07) is 5.82. The molecule has 1 rings (SSSR count). The summed E-state index contributed by atoms with van der Waals surface area (Å²) >= 11 is 5.55. The molecule has 0 aromatic heterocycles. The molecule has 1 unspecified atom stereocenters. The molecule has 0 aliphatic rings. The highest BCUT2D eigenvalue weighted by atomic mass is 35.5. The molecule has 0 bridgehead atoms. The quantitative estimate of drug-likeness (QED) is 0.811. The molecular weight excluding hydrogens is 265 g/mol. The molecule has 0 saturated carbocycles. The third-order valence-electron chi connectivity index (χ3n) is 2.15. The summed E-state index contributed by atoms with van der Waals surface area (Å²) in [6.45, 7) is 1.85. The first-order valence-electron chi connectivity index (χ1n) is 5.20. The van der Waals surface area contributed by atoms with Gasteiger partial charge in [-0.05, 0) is 23.6 Å². The number of nitrogens with one attached hydrogen (secondary N) is 1. The van der Waals surface area contributed by atoms with Gasteiger partial charge in [-0.15, -0.1) is 11.6 Å². The maximum Gasteiger partial charge on any atom is 0.212 e. The fourth-order valence-corrected chi connectivity index (χ4v) is 2.93. The summed E-state index contributed by atoms with van der Waals surface area (Å²) in [6.07, 6.45) is 0. The van der Waals surface area contributed by atoms with Crippen LogP contribution in [0.2, 0.25) is 0 Å². The highest BCUT2D eigenvalue weighted by Crippen LogP contribution is 2.06. The standard InChI is InChI=1S/C11H15ClFNO2S/c1-9(6-12)8-17(15,16)14-7-10-3-2-4-11(13)5-10/h2-5,9,14H,6-8H2,1H3. The summed E-state index contributed by atoms with van der Waals surface area (Å²) in [5.41, 5.74) is 0.590. The van der Waals surface area contributed by atoms with Crippen molar-refractivity contribution in [1.82, 2.24) is 4.72 Å². The molecule has 1 aromatic rings. The van der Waals surface area contributed by atoms with E-state index in [1.165, 1.54) is 12.1 Å². The van der Waals surface area contributed by atoms with E-state index in [2.05, 4.69) is 4.72 Å². The van der Waals surface area contributed by atoms with Gasteiger partial charge in [0.1, 0.15) is 5.82 Å². The van der Waals surface area contributed by atoms with Crippen molar-refractivity contribution in [1.29, 1.82) is 0 Å². The fraction of sp³-hybridized carbons (Fsp3) is 0.455. The predicted molar refractivity (Wildman–Crippen MR) is 66.9 cm³/mol. The Bertz CT molecular complexity index is 464. The Hall–Kier alpha value is -0.650. The second-order valence-electron chi connectivity index (χ2n) is 3.99. The first-order valence-corrected chi connectivity index (χ1v) is 7.39. The van der Waals surface area contributed by atoms with Crippen LogP contribution in [0.5, 0.6) is 0 Å². The Morgan fingerprint density at radius 3 is 2.76 bits per heavy atom. The van der Waals surface area contributed by atoms with Crippen LogP contribution in [-0.2, 0) is 16.6 Å². The van der Waals surface area contributed by atoms with Crippen LogP contribution in [0, 0.1) is 11.7 Å². The lowest BCUT2D eigenvalue weighted by atomic mass is 10.2. The third-order valence-corrected chi connectivity index (χ3v) is 4.27. The van der Waals surface area contributed by atoms with Gasteiger partial charge in [0.15, 0.2) is 0 Å². The van der Waals surface area contributed by atoms with Crippen molar-refractivity contribution < 1.29 is 12.8 Å². The number of sulfonamides is 1. The molecule has 0 fully saturated rings. The smallest absolute Gasteiger partial charge is 0.212 e. The Kier molecular flexibility index (Phi) is 5.36. The van der Waals surface area contributed by atoms with Crippen LogP contribution in [0.25, 0.3) is 0 Å². The number of hydrogen-bond acceptors (Lipinski definition) is 2. The monoisotopic (exact) mass is 279 g/mol. The first-order chi connectivity index (χ1) is 7.93. The third kappa shape index (κ3) is 5.48. The van der Waals surface area contributed by atoms with Crippen LogP contribution >= 0.6 is 11.6 Å². The van der Waals surface area contributed by atoms with Crippen molar-refractivity contribution in [3.8, 4) is 0 Å². The van der Waals surface area contributed by atoms with Gasteiger partial charge in [-0.3, -0.25) is 0 Å². The van der Waals surface area contributed by atoms with Crippen LogP contribution in [0.1, 0.15) is 12.5 Å².